The van der Waals surface area contributed by atoms with Gasteiger partial charge in [-0.25, -0.2) is 4.79 Å². The number of methoxy groups -OCH3 is 4. The predicted molar refractivity (Wildman–Crippen MR) is 185 cm³/mol. The summed E-state index contributed by atoms with van der Waals surface area (Å²) in [5.74, 6) is 2.63. The van der Waals surface area contributed by atoms with Gasteiger partial charge in [-0.3, -0.25) is 9.69 Å². The molecular formula is C35H44ClN3O7S. The largest absolute Gasteiger partial charge is 0.496 e. The highest BCUT2D eigenvalue weighted by molar-refractivity contribution is 7.80. The lowest BCUT2D eigenvalue weighted by Crippen LogP contribution is -2.48. The molecule has 1 aliphatic heterocycles. The number of rotatable bonds is 11. The van der Waals surface area contributed by atoms with Crippen molar-refractivity contribution in [3.8, 4) is 23.0 Å². The molecule has 1 fully saturated rings. The molecular weight excluding hydrogens is 642 g/mol. The maximum atomic E-state index is 14.3. The number of nitrogens with zero attached hydrogens (tertiary/aromatic N) is 2. The van der Waals surface area contributed by atoms with Crippen molar-refractivity contribution in [2.45, 2.75) is 58.5 Å². The Kier molecular flexibility index (Phi) is 11.7. The summed E-state index contributed by atoms with van der Waals surface area (Å²) in [5.41, 5.74) is 1.27. The van der Waals surface area contributed by atoms with Gasteiger partial charge in [0, 0.05) is 29.1 Å². The van der Waals surface area contributed by atoms with E-state index in [0.29, 0.717) is 45.2 Å². The fourth-order valence-electron chi connectivity index (χ4n) is 5.60. The Morgan fingerprint density at radius 2 is 1.68 bits per heavy atom. The van der Waals surface area contributed by atoms with Crippen LogP contribution in [-0.4, -0.2) is 68.3 Å². The number of nitrogens with one attached hydrogen (secondary N) is 1. The summed E-state index contributed by atoms with van der Waals surface area (Å²) in [6, 6.07) is 11.6. The van der Waals surface area contributed by atoms with E-state index < -0.39 is 18.0 Å². The molecule has 0 spiro atoms. The standard InChI is InChI=1S/C35H44ClN3O7S/c1-9-26(28-12-13-31(46-28)35(2,3)4)37-34(41)39-20-32(47)38(19-25-29(44-7)16-24(42-5)17-30(25)45-8)18-22(33(39)40)14-21-15-23(36)10-11-27(21)43-6/h10-13,15-17,22,26H,9,14,18-20H2,1-8H3,(H,37,41)/t22-,26-/m1/s1. The van der Waals surface area contributed by atoms with E-state index >= 15 is 0 Å². The number of carbonyl (C=O) groups excluding carboxylic acids is 2. The zero-order valence-corrected chi connectivity index (χ0v) is 29.8. The summed E-state index contributed by atoms with van der Waals surface area (Å²) < 4.78 is 28.5. The zero-order chi connectivity index (χ0) is 34.5. The number of ether oxygens (including phenoxy) is 4. The highest BCUT2D eigenvalue weighted by atomic mass is 35.5. The molecule has 2 aromatic carbocycles. The van der Waals surface area contributed by atoms with E-state index in [1.54, 1.807) is 58.8 Å². The molecule has 0 bridgehead atoms. The molecule has 3 aromatic rings. The van der Waals surface area contributed by atoms with Crippen molar-refractivity contribution in [1.82, 2.24) is 15.1 Å². The normalized spacial score (nSPS) is 16.1. The molecule has 254 valence electrons. The lowest BCUT2D eigenvalue weighted by atomic mass is 9.94. The van der Waals surface area contributed by atoms with Gasteiger partial charge in [0.25, 0.3) is 0 Å². The van der Waals surface area contributed by atoms with Gasteiger partial charge in [-0.15, -0.1) is 0 Å². The first-order valence-corrected chi connectivity index (χ1v) is 16.2. The van der Waals surface area contributed by atoms with Crippen molar-refractivity contribution in [2.75, 3.05) is 41.5 Å². The first-order chi connectivity index (χ1) is 22.3. The number of hydrogen-bond acceptors (Lipinski definition) is 8. The summed E-state index contributed by atoms with van der Waals surface area (Å²) in [7, 11) is 6.26. The van der Waals surface area contributed by atoms with Crippen LogP contribution in [0.5, 0.6) is 23.0 Å². The molecule has 4 rings (SSSR count). The number of amides is 3. The smallest absolute Gasteiger partial charge is 0.325 e. The second kappa shape index (κ2) is 15.3. The molecule has 10 nitrogen and oxygen atoms in total. The summed E-state index contributed by atoms with van der Waals surface area (Å²) in [6.45, 7) is 8.52. The first-order valence-electron chi connectivity index (χ1n) is 15.4. The van der Waals surface area contributed by atoms with Crippen molar-refractivity contribution in [3.05, 3.63) is 70.1 Å². The molecule has 1 N–H and O–H groups in total. The van der Waals surface area contributed by atoms with E-state index in [0.717, 1.165) is 16.9 Å². The average Bonchev–Trinajstić information content (AvgIpc) is 3.52. The molecule has 0 unspecified atom stereocenters. The molecule has 2 atom stereocenters. The van der Waals surface area contributed by atoms with Crippen LogP contribution < -0.4 is 24.3 Å². The van der Waals surface area contributed by atoms with Crippen LogP contribution in [0, 0.1) is 5.92 Å². The Labute approximate surface area is 287 Å². The van der Waals surface area contributed by atoms with Gasteiger partial charge in [0.2, 0.25) is 5.91 Å². The van der Waals surface area contributed by atoms with Gasteiger partial charge < -0.3 is 33.6 Å². The number of hydrogen-bond donors (Lipinski definition) is 1. The maximum absolute atomic E-state index is 14.3. The Morgan fingerprint density at radius 1 is 1.02 bits per heavy atom. The molecule has 0 radical (unpaired) electrons. The maximum Gasteiger partial charge on any atom is 0.325 e. The number of halogens is 1. The van der Waals surface area contributed by atoms with Crippen molar-refractivity contribution < 1.29 is 33.0 Å². The van der Waals surface area contributed by atoms with E-state index in [1.165, 1.54) is 4.90 Å². The lowest BCUT2D eigenvalue weighted by Gasteiger charge is -2.27. The number of furan rings is 1. The fraction of sp³-hybridized carbons (Fsp3) is 0.457. The van der Waals surface area contributed by atoms with Gasteiger partial charge in [0.05, 0.1) is 64.0 Å². The third-order valence-electron chi connectivity index (χ3n) is 8.24. The third-order valence-corrected chi connectivity index (χ3v) is 8.86. The van der Waals surface area contributed by atoms with Crippen LogP contribution in [0.15, 0.2) is 46.9 Å². The second-order valence-corrected chi connectivity index (χ2v) is 13.3. The molecule has 47 heavy (non-hydrogen) atoms. The monoisotopic (exact) mass is 685 g/mol. The number of imide groups is 1. The SMILES string of the molecule is CC[C@@H](NC(=O)N1CC(=S)N(Cc2c(OC)cc(OC)cc2OC)C[C@@H](Cc2cc(Cl)ccc2OC)C1=O)c1ccc(C(C)(C)C)o1. The molecule has 1 aliphatic rings. The van der Waals surface area contributed by atoms with E-state index in [9.17, 15) is 9.59 Å². The van der Waals surface area contributed by atoms with E-state index in [-0.39, 0.29) is 37.4 Å². The van der Waals surface area contributed by atoms with Gasteiger partial charge in [-0.1, -0.05) is 51.5 Å². The second-order valence-electron chi connectivity index (χ2n) is 12.4. The lowest BCUT2D eigenvalue weighted by molar-refractivity contribution is -0.131. The number of benzene rings is 2. The van der Waals surface area contributed by atoms with E-state index in [2.05, 4.69) is 26.1 Å². The molecule has 2 heterocycles. The van der Waals surface area contributed by atoms with Crippen LogP contribution in [0.3, 0.4) is 0 Å². The Hall–Kier alpha value is -3.96. The zero-order valence-electron chi connectivity index (χ0n) is 28.3. The average molecular weight is 686 g/mol. The highest BCUT2D eigenvalue weighted by Gasteiger charge is 2.38. The molecule has 0 aliphatic carbocycles. The van der Waals surface area contributed by atoms with Crippen LogP contribution >= 0.6 is 23.8 Å². The summed E-state index contributed by atoms with van der Waals surface area (Å²) in [4.78, 5) is 31.8. The molecule has 3 amide bonds. The minimum Gasteiger partial charge on any atom is -0.496 e. The summed E-state index contributed by atoms with van der Waals surface area (Å²) in [6.07, 6.45) is 0.814. The molecule has 1 saturated heterocycles. The summed E-state index contributed by atoms with van der Waals surface area (Å²) in [5, 5.41) is 3.53. The quantitative estimate of drug-likeness (QED) is 0.215. The van der Waals surface area contributed by atoms with Crippen LogP contribution in [-0.2, 0) is 23.2 Å². The van der Waals surface area contributed by atoms with Crippen LogP contribution in [0.25, 0.3) is 0 Å². The van der Waals surface area contributed by atoms with Crippen molar-refractivity contribution in [2.24, 2.45) is 5.92 Å². The fourth-order valence-corrected chi connectivity index (χ4v) is 6.06. The van der Waals surface area contributed by atoms with Crippen molar-refractivity contribution in [1.29, 1.82) is 0 Å². The number of urea groups is 1. The highest BCUT2D eigenvalue weighted by Crippen LogP contribution is 2.36. The molecule has 0 saturated carbocycles. The van der Waals surface area contributed by atoms with Gasteiger partial charge >= 0.3 is 6.03 Å². The van der Waals surface area contributed by atoms with Gasteiger partial charge in [-0.2, -0.15) is 0 Å². The van der Waals surface area contributed by atoms with Gasteiger partial charge in [0.15, 0.2) is 0 Å². The van der Waals surface area contributed by atoms with Crippen LogP contribution in [0.2, 0.25) is 5.02 Å². The molecule has 1 aromatic heterocycles. The minimum absolute atomic E-state index is 0.0915. The van der Waals surface area contributed by atoms with Crippen LogP contribution in [0.1, 0.15) is 62.8 Å². The third kappa shape index (κ3) is 8.31. The Balaban J connectivity index is 1.70. The first kappa shape index (κ1) is 35.9. The van der Waals surface area contributed by atoms with E-state index in [4.69, 9.17) is 47.2 Å². The van der Waals surface area contributed by atoms with Crippen molar-refractivity contribution in [3.63, 3.8) is 0 Å². The van der Waals surface area contributed by atoms with E-state index in [1.807, 2.05) is 24.0 Å². The van der Waals surface area contributed by atoms with Gasteiger partial charge in [0.1, 0.15) is 34.5 Å². The Bertz CT molecular complexity index is 1580. The van der Waals surface area contributed by atoms with Crippen LogP contribution in [0.4, 0.5) is 4.79 Å². The predicted octanol–water partition coefficient (Wildman–Crippen LogP) is 6.96. The number of thiocarbonyl (C=S) groups is 1. The number of carbonyl (C=O) groups is 2. The summed E-state index contributed by atoms with van der Waals surface area (Å²) >= 11 is 12.3. The minimum atomic E-state index is -0.681. The topological polar surface area (TPSA) is 103 Å². The van der Waals surface area contributed by atoms with Crippen molar-refractivity contribution >= 4 is 40.7 Å². The van der Waals surface area contributed by atoms with Gasteiger partial charge in [-0.05, 0) is 48.7 Å². The molecule has 12 heteroatoms. The Morgan fingerprint density at radius 3 is 2.23 bits per heavy atom.